The second kappa shape index (κ2) is 6.54. The molecule has 2 fully saturated rings. The van der Waals surface area contributed by atoms with E-state index in [4.69, 9.17) is 9.47 Å². The molecule has 0 aromatic rings. The van der Waals surface area contributed by atoms with Gasteiger partial charge in [-0.25, -0.2) is 0 Å². The summed E-state index contributed by atoms with van der Waals surface area (Å²) in [6.45, 7) is 3.66. The molecular weight excluding hydrogens is 260 g/mol. The van der Waals surface area contributed by atoms with Crippen LogP contribution >= 0.6 is 0 Å². The van der Waals surface area contributed by atoms with Crippen LogP contribution in [0.3, 0.4) is 0 Å². The van der Waals surface area contributed by atoms with Gasteiger partial charge < -0.3 is 19.7 Å². The molecule has 0 radical (unpaired) electrons. The maximum atomic E-state index is 11.4. The number of nitrogens with zero attached hydrogens (tertiary/aromatic N) is 1. The van der Waals surface area contributed by atoms with Crippen molar-refractivity contribution in [2.24, 2.45) is 0 Å². The molecule has 0 aliphatic carbocycles. The quantitative estimate of drug-likeness (QED) is 0.807. The van der Waals surface area contributed by atoms with Crippen LogP contribution < -0.4 is 5.32 Å². The monoisotopic (exact) mass is 284 g/mol. The Morgan fingerprint density at radius 1 is 1.45 bits per heavy atom. The van der Waals surface area contributed by atoms with Gasteiger partial charge in [-0.1, -0.05) is 0 Å². The molecule has 0 aromatic carbocycles. The standard InChI is InChI=1S/C14H24N2O4/c1-11(17)16-7-6-14(10-16)5-3-4-12(20-14)8-15-13(18)9-19-2/h12H,3-10H2,1-2H3,(H,15,18)/t12-,14-/m1/s1. The number of carbonyl (C=O) groups excluding carboxylic acids is 2. The lowest BCUT2D eigenvalue weighted by Crippen LogP contribution is -2.47. The molecule has 1 N–H and O–H groups in total. The SMILES string of the molecule is COCC(=O)NC[C@H]1CCC[C@]2(CCN(C(C)=O)C2)O1. The molecule has 1 spiro atoms. The highest BCUT2D eigenvalue weighted by atomic mass is 16.5. The number of methoxy groups -OCH3 is 1. The van der Waals surface area contributed by atoms with Gasteiger partial charge in [-0.15, -0.1) is 0 Å². The highest BCUT2D eigenvalue weighted by molar-refractivity contribution is 5.77. The van der Waals surface area contributed by atoms with Gasteiger partial charge in [-0.2, -0.15) is 0 Å². The fraction of sp³-hybridized carbons (Fsp3) is 0.857. The van der Waals surface area contributed by atoms with Crippen molar-refractivity contribution in [2.45, 2.75) is 44.3 Å². The molecule has 6 nitrogen and oxygen atoms in total. The topological polar surface area (TPSA) is 67.9 Å². The van der Waals surface area contributed by atoms with E-state index in [-0.39, 0.29) is 30.1 Å². The van der Waals surface area contributed by atoms with E-state index in [1.807, 2.05) is 4.90 Å². The van der Waals surface area contributed by atoms with Crippen molar-refractivity contribution in [3.05, 3.63) is 0 Å². The van der Waals surface area contributed by atoms with E-state index in [2.05, 4.69) is 5.32 Å². The van der Waals surface area contributed by atoms with E-state index >= 15 is 0 Å². The number of amides is 2. The van der Waals surface area contributed by atoms with Crippen molar-refractivity contribution < 1.29 is 19.1 Å². The Labute approximate surface area is 119 Å². The van der Waals surface area contributed by atoms with Gasteiger partial charge in [-0.3, -0.25) is 9.59 Å². The molecule has 6 heteroatoms. The number of rotatable bonds is 4. The molecule has 2 heterocycles. The van der Waals surface area contributed by atoms with Crippen LogP contribution in [-0.4, -0.2) is 61.8 Å². The third-order valence-electron chi connectivity index (χ3n) is 4.14. The Hall–Kier alpha value is -1.14. The van der Waals surface area contributed by atoms with Crippen molar-refractivity contribution in [3.8, 4) is 0 Å². The normalized spacial score (nSPS) is 29.7. The van der Waals surface area contributed by atoms with Gasteiger partial charge >= 0.3 is 0 Å². The molecule has 0 bridgehead atoms. The Balaban J connectivity index is 1.83. The zero-order chi connectivity index (χ0) is 14.6. The lowest BCUT2D eigenvalue weighted by Gasteiger charge is -2.38. The van der Waals surface area contributed by atoms with E-state index in [1.165, 1.54) is 7.11 Å². The summed E-state index contributed by atoms with van der Waals surface area (Å²) in [4.78, 5) is 24.7. The van der Waals surface area contributed by atoms with Crippen LogP contribution in [0.4, 0.5) is 0 Å². The van der Waals surface area contributed by atoms with Crippen molar-refractivity contribution in [2.75, 3.05) is 33.4 Å². The lowest BCUT2D eigenvalue weighted by atomic mass is 9.90. The van der Waals surface area contributed by atoms with Crippen LogP contribution in [0.5, 0.6) is 0 Å². The second-order valence-electron chi connectivity index (χ2n) is 5.74. The van der Waals surface area contributed by atoms with Crippen molar-refractivity contribution in [1.29, 1.82) is 0 Å². The molecule has 0 unspecified atom stereocenters. The maximum Gasteiger partial charge on any atom is 0.246 e. The predicted molar refractivity (Wildman–Crippen MR) is 73.2 cm³/mol. The second-order valence-corrected chi connectivity index (χ2v) is 5.74. The van der Waals surface area contributed by atoms with Crippen LogP contribution in [0.1, 0.15) is 32.6 Å². The van der Waals surface area contributed by atoms with E-state index in [0.717, 1.165) is 32.2 Å². The summed E-state index contributed by atoms with van der Waals surface area (Å²) in [5.74, 6) is -0.00602. The Bertz CT molecular complexity index is 374. The number of nitrogens with one attached hydrogen (secondary N) is 1. The lowest BCUT2D eigenvalue weighted by molar-refractivity contribution is -0.138. The predicted octanol–water partition coefficient (Wildman–Crippen LogP) is 0.309. The van der Waals surface area contributed by atoms with Crippen LogP contribution in [0.2, 0.25) is 0 Å². The first kappa shape index (κ1) is 15.3. The molecule has 0 aromatic heterocycles. The number of carbonyl (C=O) groups is 2. The van der Waals surface area contributed by atoms with Gasteiger partial charge in [0.25, 0.3) is 0 Å². The fourth-order valence-corrected chi connectivity index (χ4v) is 3.09. The van der Waals surface area contributed by atoms with E-state index in [0.29, 0.717) is 13.1 Å². The van der Waals surface area contributed by atoms with Crippen LogP contribution in [0.15, 0.2) is 0 Å². The number of hydrogen-bond acceptors (Lipinski definition) is 4. The van der Waals surface area contributed by atoms with Gasteiger partial charge in [0, 0.05) is 33.7 Å². The number of likely N-dealkylation sites (tertiary alicyclic amines) is 1. The first-order valence-electron chi connectivity index (χ1n) is 7.24. The first-order chi connectivity index (χ1) is 9.54. The molecule has 0 saturated carbocycles. The molecule has 2 rings (SSSR count). The fourth-order valence-electron chi connectivity index (χ4n) is 3.09. The summed E-state index contributed by atoms with van der Waals surface area (Å²) in [7, 11) is 1.50. The maximum absolute atomic E-state index is 11.4. The highest BCUT2D eigenvalue weighted by Gasteiger charge is 2.43. The van der Waals surface area contributed by atoms with Crippen LogP contribution in [-0.2, 0) is 19.1 Å². The van der Waals surface area contributed by atoms with E-state index in [9.17, 15) is 9.59 Å². The van der Waals surface area contributed by atoms with Gasteiger partial charge in [0.1, 0.15) is 6.61 Å². The molecule has 20 heavy (non-hydrogen) atoms. The third-order valence-corrected chi connectivity index (χ3v) is 4.14. The largest absolute Gasteiger partial charge is 0.375 e. The van der Waals surface area contributed by atoms with E-state index < -0.39 is 0 Å². The van der Waals surface area contributed by atoms with Crippen molar-refractivity contribution in [1.82, 2.24) is 10.2 Å². The van der Waals surface area contributed by atoms with Crippen LogP contribution in [0.25, 0.3) is 0 Å². The number of hydrogen-bond donors (Lipinski definition) is 1. The van der Waals surface area contributed by atoms with E-state index in [1.54, 1.807) is 6.92 Å². The molecule has 2 aliphatic rings. The third kappa shape index (κ3) is 3.70. The average Bonchev–Trinajstić information content (AvgIpc) is 2.81. The molecule has 2 aliphatic heterocycles. The summed E-state index contributed by atoms with van der Waals surface area (Å²) >= 11 is 0. The summed E-state index contributed by atoms with van der Waals surface area (Å²) < 4.78 is 11.0. The Morgan fingerprint density at radius 3 is 2.90 bits per heavy atom. The smallest absolute Gasteiger partial charge is 0.246 e. The minimum absolute atomic E-state index is 0.0384. The molecule has 2 amide bonds. The average molecular weight is 284 g/mol. The zero-order valence-corrected chi connectivity index (χ0v) is 12.3. The summed E-state index contributed by atoms with van der Waals surface area (Å²) in [6, 6.07) is 0. The van der Waals surface area contributed by atoms with Gasteiger partial charge in [-0.05, 0) is 25.7 Å². The molecule has 114 valence electrons. The molecule has 2 atom stereocenters. The summed E-state index contributed by atoms with van der Waals surface area (Å²) in [6.07, 6.45) is 3.97. The first-order valence-corrected chi connectivity index (χ1v) is 7.24. The Kier molecular flexibility index (Phi) is 4.99. The van der Waals surface area contributed by atoms with Crippen molar-refractivity contribution >= 4 is 11.8 Å². The van der Waals surface area contributed by atoms with Crippen molar-refractivity contribution in [3.63, 3.8) is 0 Å². The van der Waals surface area contributed by atoms with Gasteiger partial charge in [0.15, 0.2) is 0 Å². The summed E-state index contributed by atoms with van der Waals surface area (Å²) in [5, 5.41) is 2.82. The van der Waals surface area contributed by atoms with Crippen LogP contribution in [0, 0.1) is 0 Å². The molecule has 2 saturated heterocycles. The van der Waals surface area contributed by atoms with Gasteiger partial charge in [0.05, 0.1) is 11.7 Å². The minimum atomic E-state index is -0.194. The number of ether oxygens (including phenoxy) is 2. The zero-order valence-electron chi connectivity index (χ0n) is 12.3. The minimum Gasteiger partial charge on any atom is -0.375 e. The van der Waals surface area contributed by atoms with Gasteiger partial charge in [0.2, 0.25) is 11.8 Å². The molecular formula is C14H24N2O4. The Morgan fingerprint density at radius 2 is 2.25 bits per heavy atom. The highest BCUT2D eigenvalue weighted by Crippen LogP contribution is 2.36. The summed E-state index contributed by atoms with van der Waals surface area (Å²) in [5.41, 5.74) is -0.194.